The van der Waals surface area contributed by atoms with E-state index in [9.17, 15) is 37.7 Å². The molecule has 0 saturated heterocycles. The predicted molar refractivity (Wildman–Crippen MR) is 119 cm³/mol. The van der Waals surface area contributed by atoms with E-state index in [2.05, 4.69) is 16.0 Å². The first kappa shape index (κ1) is 25.7. The Morgan fingerprint density at radius 3 is 2.14 bits per heavy atom. The van der Waals surface area contributed by atoms with Crippen molar-refractivity contribution >= 4 is 23.4 Å². The van der Waals surface area contributed by atoms with Gasteiger partial charge in [-0.2, -0.15) is 13.2 Å². The number of nitro benzene ring substituents is 1. The molecule has 1 saturated carbocycles. The summed E-state index contributed by atoms with van der Waals surface area (Å²) < 4.78 is 38.5. The maximum Gasteiger partial charge on any atom is 0.416 e. The minimum absolute atomic E-state index is 0.142. The normalized spacial score (nSPS) is 17.8. The number of amides is 3. The molecule has 0 heterocycles. The van der Waals surface area contributed by atoms with Crippen LogP contribution in [0.2, 0.25) is 0 Å². The zero-order valence-electron chi connectivity index (χ0n) is 18.4. The van der Waals surface area contributed by atoms with Crippen LogP contribution in [0, 0.1) is 10.1 Å². The number of rotatable bonds is 7. The molecule has 2 atom stereocenters. The number of nitrogens with one attached hydrogen (secondary N) is 3. The van der Waals surface area contributed by atoms with Gasteiger partial charge in [0.05, 0.1) is 17.0 Å². The lowest BCUT2D eigenvalue weighted by Gasteiger charge is -2.32. The van der Waals surface area contributed by atoms with E-state index in [0.717, 1.165) is 25.0 Å². The Labute approximate surface area is 198 Å². The van der Waals surface area contributed by atoms with Gasteiger partial charge in [-0.25, -0.2) is 0 Å². The quantitative estimate of drug-likeness (QED) is 0.404. The summed E-state index contributed by atoms with van der Waals surface area (Å²) >= 11 is 0. The summed E-state index contributed by atoms with van der Waals surface area (Å²) in [5.41, 5.74) is -1.10. The molecule has 1 aliphatic carbocycles. The maximum absolute atomic E-state index is 12.8. The van der Waals surface area contributed by atoms with Crippen molar-refractivity contribution in [1.29, 1.82) is 0 Å². The van der Waals surface area contributed by atoms with E-state index in [1.165, 1.54) is 30.3 Å². The molecule has 0 aromatic heterocycles. The molecule has 186 valence electrons. The van der Waals surface area contributed by atoms with Crippen molar-refractivity contribution in [2.45, 2.75) is 43.9 Å². The van der Waals surface area contributed by atoms with Gasteiger partial charge in [0, 0.05) is 35.3 Å². The monoisotopic (exact) mass is 492 g/mol. The van der Waals surface area contributed by atoms with Crippen molar-refractivity contribution in [3.8, 4) is 0 Å². The van der Waals surface area contributed by atoms with Crippen LogP contribution in [0.5, 0.6) is 0 Å². The van der Waals surface area contributed by atoms with E-state index in [1.54, 1.807) is 0 Å². The van der Waals surface area contributed by atoms with E-state index in [4.69, 9.17) is 0 Å². The van der Waals surface area contributed by atoms with Crippen LogP contribution in [-0.2, 0) is 11.0 Å². The fourth-order valence-corrected chi connectivity index (χ4v) is 3.82. The summed E-state index contributed by atoms with van der Waals surface area (Å²) in [5.74, 6) is -1.81. The largest absolute Gasteiger partial charge is 0.416 e. The second kappa shape index (κ2) is 11.0. The number of carbonyl (C=O) groups is 3. The number of nitrogens with zero attached hydrogens (tertiary/aromatic N) is 1. The lowest BCUT2D eigenvalue weighted by Crippen LogP contribution is -2.54. The van der Waals surface area contributed by atoms with Gasteiger partial charge in [-0.3, -0.25) is 24.5 Å². The third-order valence-corrected chi connectivity index (χ3v) is 5.63. The standard InChI is InChI=1S/C23H23F3N4O5/c24-23(25,26)16-5-3-4-15(12-16)21(32)27-13-20(31)28-18-6-1-2-7-19(18)29-22(33)14-8-10-17(11-9-14)30(34)35/h3-5,8-12,18-19H,1-2,6-7,13H2,(H,27,32)(H,28,31)(H,29,33)/t18-,19+/m0/s1. The Morgan fingerprint density at radius 1 is 0.914 bits per heavy atom. The molecule has 3 amide bonds. The van der Waals surface area contributed by atoms with Crippen molar-refractivity contribution in [3.05, 3.63) is 75.3 Å². The van der Waals surface area contributed by atoms with Gasteiger partial charge in [0.15, 0.2) is 0 Å². The Morgan fingerprint density at radius 2 is 1.54 bits per heavy atom. The number of alkyl halides is 3. The fraction of sp³-hybridized carbons (Fsp3) is 0.348. The van der Waals surface area contributed by atoms with Gasteiger partial charge in [0.25, 0.3) is 17.5 Å². The second-order valence-electron chi connectivity index (χ2n) is 8.10. The van der Waals surface area contributed by atoms with Gasteiger partial charge >= 0.3 is 6.18 Å². The first-order valence-electron chi connectivity index (χ1n) is 10.8. The Balaban J connectivity index is 1.55. The first-order chi connectivity index (χ1) is 16.5. The van der Waals surface area contributed by atoms with Crippen LogP contribution in [0.15, 0.2) is 48.5 Å². The molecule has 0 unspecified atom stereocenters. The molecule has 0 spiro atoms. The summed E-state index contributed by atoms with van der Waals surface area (Å²) in [4.78, 5) is 47.4. The molecule has 0 radical (unpaired) electrons. The van der Waals surface area contributed by atoms with Gasteiger partial charge in [-0.1, -0.05) is 18.9 Å². The molecule has 1 aliphatic rings. The summed E-state index contributed by atoms with van der Waals surface area (Å²) in [5, 5.41) is 18.7. The molecular formula is C23H23F3N4O5. The molecular weight excluding hydrogens is 469 g/mol. The number of non-ortho nitro benzene ring substituents is 1. The van der Waals surface area contributed by atoms with E-state index < -0.39 is 53.0 Å². The van der Waals surface area contributed by atoms with E-state index >= 15 is 0 Å². The average Bonchev–Trinajstić information content (AvgIpc) is 2.83. The Kier molecular flexibility index (Phi) is 8.05. The summed E-state index contributed by atoms with van der Waals surface area (Å²) in [7, 11) is 0. The molecule has 0 bridgehead atoms. The van der Waals surface area contributed by atoms with Crippen molar-refractivity contribution < 1.29 is 32.5 Å². The molecule has 3 N–H and O–H groups in total. The topological polar surface area (TPSA) is 130 Å². The van der Waals surface area contributed by atoms with Crippen LogP contribution >= 0.6 is 0 Å². The lowest BCUT2D eigenvalue weighted by molar-refractivity contribution is -0.384. The molecule has 3 rings (SSSR count). The zero-order valence-corrected chi connectivity index (χ0v) is 18.4. The summed E-state index contributed by atoms with van der Waals surface area (Å²) in [6, 6.07) is 8.20. The molecule has 0 aliphatic heterocycles. The molecule has 9 nitrogen and oxygen atoms in total. The molecule has 1 fully saturated rings. The fourth-order valence-electron chi connectivity index (χ4n) is 3.82. The highest BCUT2D eigenvalue weighted by Crippen LogP contribution is 2.29. The highest BCUT2D eigenvalue weighted by molar-refractivity contribution is 5.97. The minimum atomic E-state index is -4.59. The smallest absolute Gasteiger partial charge is 0.350 e. The van der Waals surface area contributed by atoms with Crippen LogP contribution in [0.1, 0.15) is 52.0 Å². The maximum atomic E-state index is 12.8. The lowest BCUT2D eigenvalue weighted by atomic mass is 9.90. The van der Waals surface area contributed by atoms with E-state index in [0.29, 0.717) is 18.9 Å². The van der Waals surface area contributed by atoms with Gasteiger partial charge in [0.2, 0.25) is 5.91 Å². The van der Waals surface area contributed by atoms with Crippen LogP contribution < -0.4 is 16.0 Å². The first-order valence-corrected chi connectivity index (χ1v) is 10.8. The number of benzene rings is 2. The molecule has 35 heavy (non-hydrogen) atoms. The van der Waals surface area contributed by atoms with Crippen molar-refractivity contribution in [2.75, 3.05) is 6.54 Å². The van der Waals surface area contributed by atoms with Crippen LogP contribution in [0.25, 0.3) is 0 Å². The summed E-state index contributed by atoms with van der Waals surface area (Å²) in [6.07, 6.45) is -1.78. The van der Waals surface area contributed by atoms with Crippen LogP contribution in [-0.4, -0.2) is 41.3 Å². The SMILES string of the molecule is O=C(CNC(=O)c1cccc(C(F)(F)F)c1)N[C@H]1CCCC[C@H]1NC(=O)c1ccc([N+](=O)[O-])cc1. The zero-order chi connectivity index (χ0) is 25.6. The molecule has 12 heteroatoms. The van der Waals surface area contributed by atoms with Gasteiger partial charge in [-0.05, 0) is 43.2 Å². The van der Waals surface area contributed by atoms with Gasteiger partial charge < -0.3 is 16.0 Å². The Hall–Kier alpha value is -3.96. The third-order valence-electron chi connectivity index (χ3n) is 5.63. The highest BCUT2D eigenvalue weighted by atomic mass is 19.4. The van der Waals surface area contributed by atoms with Crippen molar-refractivity contribution in [2.24, 2.45) is 0 Å². The average molecular weight is 492 g/mol. The van der Waals surface area contributed by atoms with Gasteiger partial charge in [-0.15, -0.1) is 0 Å². The van der Waals surface area contributed by atoms with Crippen LogP contribution in [0.4, 0.5) is 18.9 Å². The number of nitro groups is 1. The van der Waals surface area contributed by atoms with Crippen LogP contribution in [0.3, 0.4) is 0 Å². The third kappa shape index (κ3) is 7.01. The Bertz CT molecular complexity index is 1110. The highest BCUT2D eigenvalue weighted by Gasteiger charge is 2.31. The van der Waals surface area contributed by atoms with Crippen molar-refractivity contribution in [1.82, 2.24) is 16.0 Å². The number of hydrogen-bond donors (Lipinski definition) is 3. The summed E-state index contributed by atoms with van der Waals surface area (Å²) in [6.45, 7) is -0.450. The van der Waals surface area contributed by atoms with E-state index in [-0.39, 0.29) is 16.8 Å². The molecule has 2 aromatic carbocycles. The molecule has 2 aromatic rings. The van der Waals surface area contributed by atoms with E-state index in [1.807, 2.05) is 0 Å². The number of hydrogen-bond acceptors (Lipinski definition) is 5. The van der Waals surface area contributed by atoms with Crippen molar-refractivity contribution in [3.63, 3.8) is 0 Å². The second-order valence-corrected chi connectivity index (χ2v) is 8.10. The minimum Gasteiger partial charge on any atom is -0.350 e. The predicted octanol–water partition coefficient (Wildman–Crippen LogP) is 3.20. The van der Waals surface area contributed by atoms with Gasteiger partial charge in [0.1, 0.15) is 0 Å². The number of carbonyl (C=O) groups excluding carboxylic acids is 3. The number of halogens is 3.